The largest absolute Gasteiger partial charge is 0.378 e. The Hall–Kier alpha value is -3.19. The second-order valence-corrected chi connectivity index (χ2v) is 6.76. The smallest absolute Gasteiger partial charge is 0.270 e. The van der Waals surface area contributed by atoms with Gasteiger partial charge in [-0.1, -0.05) is 12.1 Å². The lowest BCUT2D eigenvalue weighted by molar-refractivity contribution is 0.0935. The van der Waals surface area contributed by atoms with Crippen molar-refractivity contribution in [2.75, 3.05) is 31.2 Å². The SMILES string of the molecule is C[C@@H](NC(=O)c1cc(N2CCOCC2)ccn1)c1ccc(-n2ccnc2)cc1. The number of nitrogens with one attached hydrogen (secondary N) is 1. The van der Waals surface area contributed by atoms with E-state index in [-0.39, 0.29) is 11.9 Å². The molecule has 1 atom stereocenters. The van der Waals surface area contributed by atoms with Crippen LogP contribution >= 0.6 is 0 Å². The maximum absolute atomic E-state index is 12.7. The second-order valence-electron chi connectivity index (χ2n) is 6.76. The first-order valence-electron chi connectivity index (χ1n) is 9.38. The standard InChI is InChI=1S/C21H23N5O2/c1-16(17-2-4-18(5-3-17)26-9-8-22-15-26)24-21(27)20-14-19(6-7-23-20)25-10-12-28-13-11-25/h2-9,14-16H,10-13H2,1H3,(H,24,27)/t16-/m1/s1. The van der Waals surface area contributed by atoms with Crippen LogP contribution in [0.5, 0.6) is 0 Å². The molecule has 3 aromatic rings. The molecule has 2 aromatic heterocycles. The van der Waals surface area contributed by atoms with E-state index in [9.17, 15) is 4.79 Å². The summed E-state index contributed by atoms with van der Waals surface area (Å²) in [7, 11) is 0. The summed E-state index contributed by atoms with van der Waals surface area (Å²) in [6.07, 6.45) is 7.08. The molecule has 0 spiro atoms. The number of carbonyl (C=O) groups excluding carboxylic acids is 1. The number of benzene rings is 1. The fourth-order valence-corrected chi connectivity index (χ4v) is 3.26. The molecule has 0 aliphatic carbocycles. The molecule has 1 aromatic carbocycles. The quantitative estimate of drug-likeness (QED) is 0.740. The molecule has 0 radical (unpaired) electrons. The van der Waals surface area contributed by atoms with Gasteiger partial charge >= 0.3 is 0 Å². The second kappa shape index (κ2) is 8.22. The number of hydrogen-bond acceptors (Lipinski definition) is 5. The van der Waals surface area contributed by atoms with Crippen LogP contribution in [0.25, 0.3) is 5.69 Å². The van der Waals surface area contributed by atoms with Crippen LogP contribution in [-0.2, 0) is 4.74 Å². The Bertz CT molecular complexity index is 918. The third-order valence-electron chi connectivity index (χ3n) is 4.90. The van der Waals surface area contributed by atoms with Gasteiger partial charge in [-0.2, -0.15) is 0 Å². The van der Waals surface area contributed by atoms with E-state index in [0.29, 0.717) is 18.9 Å². The molecule has 7 nitrogen and oxygen atoms in total. The molecule has 1 saturated heterocycles. The van der Waals surface area contributed by atoms with Gasteiger partial charge in [-0.15, -0.1) is 0 Å². The molecular formula is C21H23N5O2. The highest BCUT2D eigenvalue weighted by molar-refractivity contribution is 5.93. The summed E-state index contributed by atoms with van der Waals surface area (Å²) < 4.78 is 7.33. The fourth-order valence-electron chi connectivity index (χ4n) is 3.26. The van der Waals surface area contributed by atoms with Crippen molar-refractivity contribution in [3.05, 3.63) is 72.6 Å². The van der Waals surface area contributed by atoms with Crippen molar-refractivity contribution in [1.29, 1.82) is 0 Å². The highest BCUT2D eigenvalue weighted by Gasteiger charge is 2.16. The first-order chi connectivity index (χ1) is 13.7. The van der Waals surface area contributed by atoms with Crippen molar-refractivity contribution in [3.8, 4) is 5.69 Å². The molecule has 4 rings (SSSR count). The van der Waals surface area contributed by atoms with E-state index in [2.05, 4.69) is 20.2 Å². The molecule has 1 amide bonds. The summed E-state index contributed by atoms with van der Waals surface area (Å²) in [5.41, 5.74) is 3.48. The summed E-state index contributed by atoms with van der Waals surface area (Å²) in [4.78, 5) is 23.2. The first-order valence-corrected chi connectivity index (χ1v) is 9.38. The topological polar surface area (TPSA) is 72.3 Å². The maximum Gasteiger partial charge on any atom is 0.270 e. The van der Waals surface area contributed by atoms with E-state index < -0.39 is 0 Å². The zero-order chi connectivity index (χ0) is 19.3. The van der Waals surface area contributed by atoms with Gasteiger partial charge in [-0.3, -0.25) is 9.78 Å². The lowest BCUT2D eigenvalue weighted by Gasteiger charge is -2.28. The van der Waals surface area contributed by atoms with Crippen molar-refractivity contribution < 1.29 is 9.53 Å². The number of anilines is 1. The first kappa shape index (κ1) is 18.2. The summed E-state index contributed by atoms with van der Waals surface area (Å²) >= 11 is 0. The van der Waals surface area contributed by atoms with Gasteiger partial charge in [-0.25, -0.2) is 4.98 Å². The van der Waals surface area contributed by atoms with Gasteiger partial charge < -0.3 is 19.5 Å². The van der Waals surface area contributed by atoms with Crippen LogP contribution in [0.15, 0.2) is 61.3 Å². The van der Waals surface area contributed by atoms with Gasteiger partial charge in [0.15, 0.2) is 0 Å². The van der Waals surface area contributed by atoms with Crippen LogP contribution in [0.3, 0.4) is 0 Å². The molecule has 0 unspecified atom stereocenters. The number of carbonyl (C=O) groups is 1. The zero-order valence-corrected chi connectivity index (χ0v) is 15.8. The Morgan fingerprint density at radius 3 is 2.61 bits per heavy atom. The maximum atomic E-state index is 12.7. The third kappa shape index (κ3) is 4.04. The van der Waals surface area contributed by atoms with Crippen LogP contribution in [0.2, 0.25) is 0 Å². The molecule has 0 saturated carbocycles. The Kier molecular flexibility index (Phi) is 5.34. The van der Waals surface area contributed by atoms with Crippen molar-refractivity contribution >= 4 is 11.6 Å². The van der Waals surface area contributed by atoms with Gasteiger partial charge in [0.05, 0.1) is 25.6 Å². The average molecular weight is 377 g/mol. The van der Waals surface area contributed by atoms with Crippen LogP contribution in [0.4, 0.5) is 5.69 Å². The van der Waals surface area contributed by atoms with Gasteiger partial charge in [-0.05, 0) is 36.8 Å². The molecular weight excluding hydrogens is 354 g/mol. The number of aromatic nitrogens is 3. The van der Waals surface area contributed by atoms with Crippen molar-refractivity contribution in [2.24, 2.45) is 0 Å². The summed E-state index contributed by atoms with van der Waals surface area (Å²) in [5.74, 6) is -0.179. The Labute approximate surface area is 164 Å². The minimum Gasteiger partial charge on any atom is -0.378 e. The van der Waals surface area contributed by atoms with E-state index in [4.69, 9.17) is 4.74 Å². The number of rotatable bonds is 5. The van der Waals surface area contributed by atoms with Crippen LogP contribution in [0, 0.1) is 0 Å². The number of ether oxygens (including phenoxy) is 1. The van der Waals surface area contributed by atoms with Gasteiger partial charge in [0, 0.05) is 43.1 Å². The third-order valence-corrected chi connectivity index (χ3v) is 4.90. The monoisotopic (exact) mass is 377 g/mol. The molecule has 144 valence electrons. The molecule has 1 aliphatic heterocycles. The Morgan fingerprint density at radius 2 is 1.89 bits per heavy atom. The number of pyridine rings is 1. The predicted molar refractivity (Wildman–Crippen MR) is 107 cm³/mol. The molecule has 7 heteroatoms. The predicted octanol–water partition coefficient (Wildman–Crippen LogP) is 2.59. The minimum atomic E-state index is -0.179. The molecule has 0 bridgehead atoms. The summed E-state index contributed by atoms with van der Waals surface area (Å²) in [6, 6.07) is 11.7. The van der Waals surface area contributed by atoms with Gasteiger partial charge in [0.2, 0.25) is 0 Å². The molecule has 1 N–H and O–H groups in total. The van der Waals surface area contributed by atoms with Crippen molar-refractivity contribution in [1.82, 2.24) is 19.9 Å². The Balaban J connectivity index is 1.43. The van der Waals surface area contributed by atoms with Crippen molar-refractivity contribution in [2.45, 2.75) is 13.0 Å². The number of morpholine rings is 1. The minimum absolute atomic E-state index is 0.127. The Morgan fingerprint density at radius 1 is 1.11 bits per heavy atom. The number of amides is 1. The van der Waals surface area contributed by atoms with Crippen LogP contribution in [0.1, 0.15) is 29.0 Å². The van der Waals surface area contributed by atoms with Crippen LogP contribution in [-0.4, -0.2) is 46.7 Å². The van der Waals surface area contributed by atoms with E-state index in [1.165, 1.54) is 0 Å². The lowest BCUT2D eigenvalue weighted by Crippen LogP contribution is -2.36. The summed E-state index contributed by atoms with van der Waals surface area (Å²) in [5, 5.41) is 3.03. The molecule has 1 aliphatic rings. The highest BCUT2D eigenvalue weighted by atomic mass is 16.5. The van der Waals surface area contributed by atoms with Crippen LogP contribution < -0.4 is 10.2 Å². The fraction of sp³-hybridized carbons (Fsp3) is 0.286. The molecule has 1 fully saturated rings. The average Bonchev–Trinajstić information content (AvgIpc) is 3.29. The number of hydrogen-bond donors (Lipinski definition) is 1. The van der Waals surface area contributed by atoms with Crippen molar-refractivity contribution in [3.63, 3.8) is 0 Å². The lowest BCUT2D eigenvalue weighted by atomic mass is 10.1. The summed E-state index contributed by atoms with van der Waals surface area (Å²) in [6.45, 7) is 5.03. The molecule has 28 heavy (non-hydrogen) atoms. The van der Waals surface area contributed by atoms with E-state index in [1.807, 2.05) is 54.1 Å². The number of nitrogens with zero attached hydrogens (tertiary/aromatic N) is 4. The zero-order valence-electron chi connectivity index (χ0n) is 15.8. The van der Waals surface area contributed by atoms with Gasteiger partial charge in [0.25, 0.3) is 5.91 Å². The highest BCUT2D eigenvalue weighted by Crippen LogP contribution is 2.18. The molecule has 3 heterocycles. The normalized spacial score (nSPS) is 15.2. The van der Waals surface area contributed by atoms with E-state index in [1.54, 1.807) is 18.7 Å². The van der Waals surface area contributed by atoms with E-state index >= 15 is 0 Å². The van der Waals surface area contributed by atoms with E-state index in [0.717, 1.165) is 30.0 Å². The number of imidazole rings is 1. The van der Waals surface area contributed by atoms with Gasteiger partial charge in [0.1, 0.15) is 5.69 Å².